The lowest BCUT2D eigenvalue weighted by atomic mass is 10.1. The lowest BCUT2D eigenvalue weighted by molar-refractivity contribution is 0.0489. The van der Waals surface area contributed by atoms with Crippen LogP contribution in [0.3, 0.4) is 0 Å². The summed E-state index contributed by atoms with van der Waals surface area (Å²) in [5, 5.41) is 20.9. The fourth-order valence-corrected chi connectivity index (χ4v) is 3.20. The van der Waals surface area contributed by atoms with E-state index < -0.39 is 5.97 Å². The number of unbranched alkanes of at least 4 members (excludes halogenated alkanes) is 1. The van der Waals surface area contributed by atoms with E-state index in [1.54, 1.807) is 18.2 Å². The number of nitrogens with zero attached hydrogens (tertiary/aromatic N) is 2. The molecule has 0 unspecified atom stereocenters. The Labute approximate surface area is 175 Å². The standard InChI is InChI=1S/C24H24N2O4/c1-4-6-12-29-24(28)21-22(27)19-13-17(10-11-18(19)20(14-25)26-21)30-23-15(3)8-7-9-16(23)5-2/h7-11,13,27H,4-6,12H2,1-3H3. The lowest BCUT2D eigenvalue weighted by Gasteiger charge is -2.14. The molecule has 1 aromatic heterocycles. The van der Waals surface area contributed by atoms with Crippen molar-refractivity contribution in [2.75, 3.05) is 6.61 Å². The molecule has 0 amide bonds. The van der Waals surface area contributed by atoms with E-state index in [4.69, 9.17) is 9.47 Å². The van der Waals surface area contributed by atoms with Crippen LogP contribution in [0.5, 0.6) is 17.2 Å². The molecule has 6 heteroatoms. The summed E-state index contributed by atoms with van der Waals surface area (Å²) in [5.41, 5.74) is 1.83. The van der Waals surface area contributed by atoms with E-state index in [2.05, 4.69) is 11.9 Å². The Morgan fingerprint density at radius 3 is 2.70 bits per heavy atom. The number of ether oxygens (including phenoxy) is 2. The van der Waals surface area contributed by atoms with Gasteiger partial charge in [0, 0.05) is 10.8 Å². The summed E-state index contributed by atoms with van der Waals surface area (Å²) in [4.78, 5) is 16.4. The van der Waals surface area contributed by atoms with Crippen LogP contribution in [0.25, 0.3) is 10.8 Å². The number of pyridine rings is 1. The molecule has 0 atom stereocenters. The fraction of sp³-hybridized carbons (Fsp3) is 0.292. The topological polar surface area (TPSA) is 92.4 Å². The SMILES string of the molecule is CCCCOC(=O)c1nc(C#N)c2ccc(Oc3c(C)cccc3CC)cc2c1O. The molecule has 0 aliphatic carbocycles. The van der Waals surface area contributed by atoms with Gasteiger partial charge in [0.15, 0.2) is 11.4 Å². The molecule has 30 heavy (non-hydrogen) atoms. The molecule has 6 nitrogen and oxygen atoms in total. The van der Waals surface area contributed by atoms with Crippen LogP contribution in [0, 0.1) is 18.3 Å². The first-order valence-electron chi connectivity index (χ1n) is 10.00. The predicted molar refractivity (Wildman–Crippen MR) is 114 cm³/mol. The molecule has 0 aliphatic rings. The molecule has 0 saturated heterocycles. The quantitative estimate of drug-likeness (QED) is 0.417. The number of hydrogen-bond donors (Lipinski definition) is 1. The van der Waals surface area contributed by atoms with Gasteiger partial charge in [0.2, 0.25) is 0 Å². The molecule has 3 aromatic rings. The van der Waals surface area contributed by atoms with E-state index in [9.17, 15) is 15.2 Å². The van der Waals surface area contributed by atoms with Gasteiger partial charge in [-0.2, -0.15) is 5.26 Å². The highest BCUT2D eigenvalue weighted by atomic mass is 16.5. The second kappa shape index (κ2) is 9.27. The summed E-state index contributed by atoms with van der Waals surface area (Å²) >= 11 is 0. The van der Waals surface area contributed by atoms with Crippen molar-refractivity contribution in [3.8, 4) is 23.3 Å². The molecule has 1 N–H and O–H groups in total. The van der Waals surface area contributed by atoms with Gasteiger partial charge in [-0.1, -0.05) is 38.5 Å². The van der Waals surface area contributed by atoms with Crippen LogP contribution >= 0.6 is 0 Å². The van der Waals surface area contributed by atoms with Crippen molar-refractivity contribution < 1.29 is 19.4 Å². The van der Waals surface area contributed by atoms with Crippen molar-refractivity contribution in [1.82, 2.24) is 4.98 Å². The Bertz CT molecular complexity index is 1130. The third kappa shape index (κ3) is 4.20. The monoisotopic (exact) mass is 404 g/mol. The molecule has 0 fully saturated rings. The molecular formula is C24H24N2O4. The maximum absolute atomic E-state index is 12.4. The third-order valence-electron chi connectivity index (χ3n) is 4.87. The highest BCUT2D eigenvalue weighted by Gasteiger charge is 2.21. The van der Waals surface area contributed by atoms with E-state index in [1.165, 1.54) is 0 Å². The second-order valence-corrected chi connectivity index (χ2v) is 6.99. The van der Waals surface area contributed by atoms with Crippen molar-refractivity contribution in [2.24, 2.45) is 0 Å². The van der Waals surface area contributed by atoms with Gasteiger partial charge < -0.3 is 14.6 Å². The van der Waals surface area contributed by atoms with Gasteiger partial charge in [-0.05, 0) is 49.1 Å². The number of carbonyl (C=O) groups is 1. The summed E-state index contributed by atoms with van der Waals surface area (Å²) < 4.78 is 11.3. The molecule has 0 radical (unpaired) electrons. The van der Waals surface area contributed by atoms with Crippen LogP contribution in [0.1, 0.15) is 54.0 Å². The molecule has 3 rings (SSSR count). The number of aryl methyl sites for hydroxylation is 2. The van der Waals surface area contributed by atoms with E-state index in [0.29, 0.717) is 22.9 Å². The Kier molecular flexibility index (Phi) is 6.53. The number of esters is 1. The number of hydrogen-bond acceptors (Lipinski definition) is 6. The van der Waals surface area contributed by atoms with E-state index in [-0.39, 0.29) is 23.7 Å². The number of nitriles is 1. The van der Waals surface area contributed by atoms with Crippen LogP contribution in [0.2, 0.25) is 0 Å². The van der Waals surface area contributed by atoms with Crippen LogP contribution in [0.4, 0.5) is 0 Å². The van der Waals surface area contributed by atoms with Gasteiger partial charge in [0.1, 0.15) is 23.3 Å². The zero-order valence-electron chi connectivity index (χ0n) is 17.4. The van der Waals surface area contributed by atoms with Crippen LogP contribution in [0.15, 0.2) is 36.4 Å². The Morgan fingerprint density at radius 1 is 1.20 bits per heavy atom. The summed E-state index contributed by atoms with van der Waals surface area (Å²) in [6.07, 6.45) is 2.39. The predicted octanol–water partition coefficient (Wildman–Crippen LogP) is 5.43. The molecule has 0 saturated carbocycles. The molecule has 0 bridgehead atoms. The average Bonchev–Trinajstić information content (AvgIpc) is 2.75. The van der Waals surface area contributed by atoms with Crippen LogP contribution in [-0.4, -0.2) is 22.7 Å². The minimum Gasteiger partial charge on any atom is -0.505 e. The number of para-hydroxylation sites is 1. The summed E-state index contributed by atoms with van der Waals surface area (Å²) in [7, 11) is 0. The summed E-state index contributed by atoms with van der Waals surface area (Å²) in [6, 6.07) is 12.9. The highest BCUT2D eigenvalue weighted by molar-refractivity contribution is 6.01. The second-order valence-electron chi connectivity index (χ2n) is 6.99. The van der Waals surface area contributed by atoms with Crippen LogP contribution in [-0.2, 0) is 11.2 Å². The smallest absolute Gasteiger partial charge is 0.360 e. The molecule has 0 spiro atoms. The van der Waals surface area contributed by atoms with E-state index in [0.717, 1.165) is 29.7 Å². The number of aromatic nitrogens is 1. The van der Waals surface area contributed by atoms with Crippen molar-refractivity contribution in [3.63, 3.8) is 0 Å². The van der Waals surface area contributed by atoms with Gasteiger partial charge >= 0.3 is 5.97 Å². The maximum atomic E-state index is 12.4. The lowest BCUT2D eigenvalue weighted by Crippen LogP contribution is -2.10. The molecule has 1 heterocycles. The summed E-state index contributed by atoms with van der Waals surface area (Å²) in [6.45, 7) is 6.23. The number of rotatable bonds is 7. The van der Waals surface area contributed by atoms with Gasteiger partial charge in [-0.25, -0.2) is 9.78 Å². The Morgan fingerprint density at radius 2 is 2.00 bits per heavy atom. The Hall–Kier alpha value is -3.59. The van der Waals surface area contributed by atoms with Gasteiger partial charge in [-0.3, -0.25) is 0 Å². The molecule has 154 valence electrons. The molecule has 0 aliphatic heterocycles. The first kappa shape index (κ1) is 21.1. The number of benzene rings is 2. The van der Waals surface area contributed by atoms with E-state index in [1.807, 2.05) is 38.1 Å². The summed E-state index contributed by atoms with van der Waals surface area (Å²) in [5.74, 6) is 0.170. The van der Waals surface area contributed by atoms with Gasteiger partial charge in [0.25, 0.3) is 0 Å². The molecule has 2 aromatic carbocycles. The minimum atomic E-state index is -0.752. The van der Waals surface area contributed by atoms with Crippen LogP contribution < -0.4 is 4.74 Å². The minimum absolute atomic E-state index is 0.0435. The van der Waals surface area contributed by atoms with Crippen molar-refractivity contribution in [1.29, 1.82) is 5.26 Å². The largest absolute Gasteiger partial charge is 0.505 e. The first-order chi connectivity index (χ1) is 14.5. The van der Waals surface area contributed by atoms with Crippen molar-refractivity contribution >= 4 is 16.7 Å². The normalized spacial score (nSPS) is 10.6. The highest BCUT2D eigenvalue weighted by Crippen LogP contribution is 2.36. The van der Waals surface area contributed by atoms with Crippen molar-refractivity contribution in [2.45, 2.75) is 40.0 Å². The zero-order valence-corrected chi connectivity index (χ0v) is 17.4. The van der Waals surface area contributed by atoms with E-state index >= 15 is 0 Å². The number of carbonyl (C=O) groups excluding carboxylic acids is 1. The Balaban J connectivity index is 2.06. The van der Waals surface area contributed by atoms with Gasteiger partial charge in [-0.15, -0.1) is 0 Å². The fourth-order valence-electron chi connectivity index (χ4n) is 3.20. The number of aromatic hydroxyl groups is 1. The zero-order chi connectivity index (χ0) is 21.7. The molecular weight excluding hydrogens is 380 g/mol. The number of fused-ring (bicyclic) bond motifs is 1. The van der Waals surface area contributed by atoms with Crippen molar-refractivity contribution in [3.05, 3.63) is 58.9 Å². The third-order valence-corrected chi connectivity index (χ3v) is 4.87. The van der Waals surface area contributed by atoms with Gasteiger partial charge in [0.05, 0.1) is 6.61 Å². The first-order valence-corrected chi connectivity index (χ1v) is 10.00. The maximum Gasteiger partial charge on any atom is 0.360 e. The average molecular weight is 404 g/mol.